The van der Waals surface area contributed by atoms with E-state index < -0.39 is 18.4 Å². The standard InChI is InChI=1S/C12H13N5O4/c13-11-8-6(15-3-16-11)4(1-14-8)7-10-9(5(2-18)17-7)20-12(19)21-10/h1,3,5,7,9-10,14,17-18H,2H2,(H2,13,15,16). The van der Waals surface area contributed by atoms with Crippen LogP contribution in [0.5, 0.6) is 0 Å². The van der Waals surface area contributed by atoms with E-state index in [9.17, 15) is 9.90 Å². The maximum Gasteiger partial charge on any atom is 0.509 e. The largest absolute Gasteiger partial charge is 0.509 e. The molecule has 0 aromatic carbocycles. The van der Waals surface area contributed by atoms with Crippen LogP contribution in [0.15, 0.2) is 12.5 Å². The number of nitrogen functional groups attached to an aromatic ring is 1. The highest BCUT2D eigenvalue weighted by Crippen LogP contribution is 2.38. The predicted octanol–water partition coefficient (Wildman–Crippen LogP) is -0.551. The van der Waals surface area contributed by atoms with Gasteiger partial charge in [0.05, 0.1) is 24.2 Å². The molecule has 0 aliphatic carbocycles. The first-order valence-electron chi connectivity index (χ1n) is 6.50. The van der Waals surface area contributed by atoms with Gasteiger partial charge in [0.15, 0.2) is 18.0 Å². The summed E-state index contributed by atoms with van der Waals surface area (Å²) in [5, 5.41) is 12.6. The third-order valence-electron chi connectivity index (χ3n) is 3.96. The number of aliphatic hydroxyl groups is 1. The number of carbonyl (C=O) groups is 1. The summed E-state index contributed by atoms with van der Waals surface area (Å²) in [6.07, 6.45) is 1.38. The molecule has 2 saturated heterocycles. The average molecular weight is 291 g/mol. The molecular weight excluding hydrogens is 278 g/mol. The predicted molar refractivity (Wildman–Crippen MR) is 70.2 cm³/mol. The number of anilines is 1. The molecule has 110 valence electrons. The summed E-state index contributed by atoms with van der Waals surface area (Å²) in [7, 11) is 0. The molecule has 0 spiro atoms. The highest BCUT2D eigenvalue weighted by molar-refractivity contribution is 5.87. The number of rotatable bonds is 2. The summed E-state index contributed by atoms with van der Waals surface area (Å²) in [5.41, 5.74) is 7.87. The molecule has 5 N–H and O–H groups in total. The van der Waals surface area contributed by atoms with Gasteiger partial charge in [-0.25, -0.2) is 14.8 Å². The van der Waals surface area contributed by atoms with E-state index >= 15 is 0 Å². The van der Waals surface area contributed by atoms with Crippen LogP contribution in [0.25, 0.3) is 11.0 Å². The average Bonchev–Trinajstić information content (AvgIpc) is 3.12. The minimum absolute atomic E-state index is 0.159. The van der Waals surface area contributed by atoms with E-state index in [1.54, 1.807) is 6.20 Å². The van der Waals surface area contributed by atoms with Gasteiger partial charge < -0.3 is 25.3 Å². The Hall–Kier alpha value is -2.39. The number of fused-ring (bicyclic) bond motifs is 2. The maximum absolute atomic E-state index is 11.3. The second-order valence-electron chi connectivity index (χ2n) is 5.07. The normalized spacial score (nSPS) is 31.2. The molecule has 0 saturated carbocycles. The van der Waals surface area contributed by atoms with Crippen LogP contribution in [0.4, 0.5) is 10.6 Å². The molecule has 2 aromatic heterocycles. The van der Waals surface area contributed by atoms with Gasteiger partial charge in [-0.05, 0) is 0 Å². The monoisotopic (exact) mass is 291 g/mol. The first-order chi connectivity index (χ1) is 10.2. The van der Waals surface area contributed by atoms with Crippen LogP contribution in [0.2, 0.25) is 0 Å². The Morgan fingerprint density at radius 3 is 2.95 bits per heavy atom. The molecule has 4 atom stereocenters. The van der Waals surface area contributed by atoms with Gasteiger partial charge in [-0.15, -0.1) is 0 Å². The Labute approximate surface area is 118 Å². The fourth-order valence-electron chi connectivity index (χ4n) is 3.01. The number of nitrogens with zero attached hydrogens (tertiary/aromatic N) is 2. The van der Waals surface area contributed by atoms with E-state index in [2.05, 4.69) is 20.3 Å². The zero-order chi connectivity index (χ0) is 14.6. The summed E-state index contributed by atoms with van der Waals surface area (Å²) in [4.78, 5) is 22.5. The molecule has 2 aliphatic heterocycles. The van der Waals surface area contributed by atoms with Crippen LogP contribution >= 0.6 is 0 Å². The molecule has 9 heteroatoms. The zero-order valence-corrected chi connectivity index (χ0v) is 10.8. The number of aromatic amines is 1. The van der Waals surface area contributed by atoms with Gasteiger partial charge in [0, 0.05) is 11.8 Å². The van der Waals surface area contributed by atoms with Crippen LogP contribution in [0.3, 0.4) is 0 Å². The molecule has 4 heterocycles. The quantitative estimate of drug-likeness (QED) is 0.541. The maximum atomic E-state index is 11.3. The van der Waals surface area contributed by atoms with Gasteiger partial charge >= 0.3 is 6.16 Å². The van der Waals surface area contributed by atoms with Crippen LogP contribution < -0.4 is 11.1 Å². The van der Waals surface area contributed by atoms with Crippen molar-refractivity contribution in [1.82, 2.24) is 20.3 Å². The van der Waals surface area contributed by atoms with Crippen LogP contribution in [0.1, 0.15) is 11.6 Å². The lowest BCUT2D eigenvalue weighted by atomic mass is 10.0. The number of aliphatic hydroxyl groups excluding tert-OH is 1. The van der Waals surface area contributed by atoms with E-state index in [0.29, 0.717) is 16.9 Å². The molecule has 2 aliphatic rings. The number of H-pyrrole nitrogens is 1. The molecule has 2 fully saturated rings. The molecule has 9 nitrogen and oxygen atoms in total. The lowest BCUT2D eigenvalue weighted by molar-refractivity contribution is 0.0919. The number of carbonyl (C=O) groups excluding carboxylic acids is 1. The first kappa shape index (κ1) is 12.4. The second kappa shape index (κ2) is 4.30. The van der Waals surface area contributed by atoms with Crippen LogP contribution in [0, 0.1) is 0 Å². The minimum Gasteiger partial charge on any atom is -0.425 e. The third kappa shape index (κ3) is 1.68. The summed E-state index contributed by atoms with van der Waals surface area (Å²) in [5.74, 6) is 0.346. The lowest BCUT2D eigenvalue weighted by Gasteiger charge is -2.15. The number of aromatic nitrogens is 3. The zero-order valence-electron chi connectivity index (χ0n) is 10.8. The smallest absolute Gasteiger partial charge is 0.425 e. The Bertz CT molecular complexity index is 717. The fraction of sp³-hybridized carbons (Fsp3) is 0.417. The van der Waals surface area contributed by atoms with Crippen LogP contribution in [-0.4, -0.2) is 51.1 Å². The van der Waals surface area contributed by atoms with Crippen molar-refractivity contribution in [2.45, 2.75) is 24.3 Å². The number of nitrogens with one attached hydrogen (secondary N) is 2. The van der Waals surface area contributed by atoms with E-state index in [4.69, 9.17) is 15.2 Å². The van der Waals surface area contributed by atoms with Crippen LogP contribution in [-0.2, 0) is 9.47 Å². The molecule has 4 unspecified atom stereocenters. The Balaban J connectivity index is 1.78. The SMILES string of the molecule is Nc1ncnc2c(C3NC(CO)C4OC(=O)OC34)c[nH]c12. The molecule has 4 rings (SSSR count). The van der Waals surface area contributed by atoms with Crippen molar-refractivity contribution in [3.8, 4) is 0 Å². The van der Waals surface area contributed by atoms with Gasteiger partial charge in [0.2, 0.25) is 0 Å². The number of hydrogen-bond donors (Lipinski definition) is 4. The second-order valence-corrected chi connectivity index (χ2v) is 5.07. The van der Waals surface area contributed by atoms with E-state index in [1.807, 2.05) is 0 Å². The molecule has 2 aromatic rings. The van der Waals surface area contributed by atoms with Crippen molar-refractivity contribution in [1.29, 1.82) is 0 Å². The Morgan fingerprint density at radius 2 is 2.14 bits per heavy atom. The van der Waals surface area contributed by atoms with Crippen molar-refractivity contribution >= 4 is 23.0 Å². The first-order valence-corrected chi connectivity index (χ1v) is 6.50. The molecular formula is C12H13N5O4. The van der Waals surface area contributed by atoms with E-state index in [1.165, 1.54) is 6.33 Å². The van der Waals surface area contributed by atoms with Crippen molar-refractivity contribution < 1.29 is 19.4 Å². The minimum atomic E-state index is -0.719. The summed E-state index contributed by atoms with van der Waals surface area (Å²) in [6.45, 7) is -0.159. The third-order valence-corrected chi connectivity index (χ3v) is 3.96. The Kier molecular flexibility index (Phi) is 2.53. The van der Waals surface area contributed by atoms with E-state index in [0.717, 1.165) is 5.56 Å². The summed E-state index contributed by atoms with van der Waals surface area (Å²) >= 11 is 0. The topological polar surface area (TPSA) is 135 Å². The van der Waals surface area contributed by atoms with Gasteiger partial charge in [0.25, 0.3) is 0 Å². The Morgan fingerprint density at radius 1 is 1.33 bits per heavy atom. The number of ether oxygens (including phenoxy) is 2. The fourth-order valence-corrected chi connectivity index (χ4v) is 3.01. The van der Waals surface area contributed by atoms with E-state index in [-0.39, 0.29) is 18.7 Å². The molecule has 21 heavy (non-hydrogen) atoms. The lowest BCUT2D eigenvalue weighted by Crippen LogP contribution is -2.36. The van der Waals surface area contributed by atoms with Crippen molar-refractivity contribution in [3.05, 3.63) is 18.1 Å². The van der Waals surface area contributed by atoms with Crippen molar-refractivity contribution in [3.63, 3.8) is 0 Å². The number of nitrogens with two attached hydrogens (primary N) is 1. The molecule has 0 radical (unpaired) electrons. The van der Waals surface area contributed by atoms with Gasteiger partial charge in [0.1, 0.15) is 11.8 Å². The summed E-state index contributed by atoms with van der Waals surface area (Å²) < 4.78 is 10.3. The summed E-state index contributed by atoms with van der Waals surface area (Å²) in [6, 6.07) is -0.711. The number of hydrogen-bond acceptors (Lipinski definition) is 8. The van der Waals surface area contributed by atoms with Gasteiger partial charge in [-0.1, -0.05) is 0 Å². The van der Waals surface area contributed by atoms with Gasteiger partial charge in [-0.2, -0.15) is 0 Å². The highest BCUT2D eigenvalue weighted by Gasteiger charge is 2.53. The van der Waals surface area contributed by atoms with Gasteiger partial charge in [-0.3, -0.25) is 5.32 Å². The van der Waals surface area contributed by atoms with Crippen molar-refractivity contribution in [2.24, 2.45) is 0 Å². The van der Waals surface area contributed by atoms with Crippen molar-refractivity contribution in [2.75, 3.05) is 12.3 Å². The highest BCUT2D eigenvalue weighted by atomic mass is 16.8. The molecule has 0 amide bonds. The molecule has 0 bridgehead atoms.